The third-order valence-electron chi connectivity index (χ3n) is 2.93. The number of benzene rings is 1. The fraction of sp³-hybridized carbons (Fsp3) is 0.500. The van der Waals surface area contributed by atoms with Gasteiger partial charge in [0.05, 0.1) is 13.2 Å². The van der Waals surface area contributed by atoms with Crippen molar-refractivity contribution in [3.63, 3.8) is 0 Å². The molecular weight excluding hydrogens is 228 g/mol. The molecule has 0 fully saturated rings. The lowest BCUT2D eigenvalue weighted by molar-refractivity contribution is -0.122. The minimum Gasteiger partial charge on any atom is -0.497 e. The van der Waals surface area contributed by atoms with Gasteiger partial charge in [-0.3, -0.25) is 4.79 Å². The van der Waals surface area contributed by atoms with E-state index in [0.717, 1.165) is 11.3 Å². The second kappa shape index (κ2) is 7.01. The van der Waals surface area contributed by atoms with E-state index in [1.54, 1.807) is 7.11 Å². The summed E-state index contributed by atoms with van der Waals surface area (Å²) in [6.07, 6.45) is 0.469. The molecule has 0 aliphatic rings. The van der Waals surface area contributed by atoms with Gasteiger partial charge in [0.1, 0.15) is 5.75 Å². The van der Waals surface area contributed by atoms with Gasteiger partial charge >= 0.3 is 0 Å². The number of carbonyl (C=O) groups is 1. The van der Waals surface area contributed by atoms with E-state index in [1.165, 1.54) is 0 Å². The summed E-state index contributed by atoms with van der Waals surface area (Å²) in [5.74, 6) is 1.07. The van der Waals surface area contributed by atoms with Crippen molar-refractivity contribution in [2.45, 2.75) is 26.3 Å². The Balaban J connectivity index is 2.53. The van der Waals surface area contributed by atoms with Crippen LogP contribution >= 0.6 is 0 Å². The lowest BCUT2D eigenvalue weighted by atomic mass is 10.1. The van der Waals surface area contributed by atoms with Crippen LogP contribution in [0.4, 0.5) is 0 Å². The molecule has 3 N–H and O–H groups in total. The molecular formula is C14H22N2O2. The number of hydrogen-bond acceptors (Lipinski definition) is 3. The maximum absolute atomic E-state index is 11.7. The molecule has 1 amide bonds. The monoisotopic (exact) mass is 250 g/mol. The summed E-state index contributed by atoms with van der Waals surface area (Å²) < 4.78 is 5.10. The van der Waals surface area contributed by atoms with Gasteiger partial charge < -0.3 is 15.8 Å². The molecule has 1 rings (SSSR count). The molecule has 0 heterocycles. The molecule has 0 spiro atoms. The second-order valence-electron chi connectivity index (χ2n) is 4.61. The number of nitrogens with one attached hydrogen (secondary N) is 1. The maximum atomic E-state index is 11.7. The van der Waals surface area contributed by atoms with Gasteiger partial charge in [0.15, 0.2) is 0 Å². The maximum Gasteiger partial charge on any atom is 0.220 e. The van der Waals surface area contributed by atoms with Crippen LogP contribution in [0, 0.1) is 5.92 Å². The molecule has 0 bridgehead atoms. The van der Waals surface area contributed by atoms with Crippen LogP contribution in [0.3, 0.4) is 0 Å². The standard InChI is InChI=1S/C14H22N2O2/c1-10(9-15)8-14(17)16-11(2)12-4-6-13(18-3)7-5-12/h4-7,10-11H,8-9,15H2,1-3H3,(H,16,17)/t10?,11-/m1/s1. The average Bonchev–Trinajstić information content (AvgIpc) is 2.38. The number of rotatable bonds is 6. The van der Waals surface area contributed by atoms with Crippen LogP contribution < -0.4 is 15.8 Å². The predicted octanol–water partition coefficient (Wildman–Crippen LogP) is 1.86. The van der Waals surface area contributed by atoms with Crippen molar-refractivity contribution in [1.82, 2.24) is 5.32 Å². The van der Waals surface area contributed by atoms with E-state index in [-0.39, 0.29) is 17.9 Å². The first-order valence-electron chi connectivity index (χ1n) is 6.20. The fourth-order valence-corrected chi connectivity index (χ4v) is 1.68. The van der Waals surface area contributed by atoms with Crippen molar-refractivity contribution in [2.75, 3.05) is 13.7 Å². The van der Waals surface area contributed by atoms with Gasteiger partial charge in [-0.1, -0.05) is 19.1 Å². The molecule has 0 aliphatic heterocycles. The van der Waals surface area contributed by atoms with Gasteiger partial charge in [-0.2, -0.15) is 0 Å². The van der Waals surface area contributed by atoms with Crippen LogP contribution in [0.15, 0.2) is 24.3 Å². The van der Waals surface area contributed by atoms with E-state index in [4.69, 9.17) is 10.5 Å². The normalized spacial score (nSPS) is 13.8. The molecule has 0 radical (unpaired) electrons. The highest BCUT2D eigenvalue weighted by molar-refractivity contribution is 5.76. The van der Waals surface area contributed by atoms with Gasteiger partial charge in [0, 0.05) is 6.42 Å². The summed E-state index contributed by atoms with van der Waals surface area (Å²) in [6, 6.07) is 7.68. The summed E-state index contributed by atoms with van der Waals surface area (Å²) in [7, 11) is 1.63. The van der Waals surface area contributed by atoms with Crippen LogP contribution in [0.25, 0.3) is 0 Å². The first kappa shape index (κ1) is 14.5. The van der Waals surface area contributed by atoms with E-state index in [1.807, 2.05) is 38.1 Å². The predicted molar refractivity (Wildman–Crippen MR) is 72.4 cm³/mol. The van der Waals surface area contributed by atoms with E-state index >= 15 is 0 Å². The summed E-state index contributed by atoms with van der Waals surface area (Å²) in [5, 5.41) is 2.96. The number of hydrogen-bond donors (Lipinski definition) is 2. The molecule has 2 atom stereocenters. The van der Waals surface area contributed by atoms with Gasteiger partial charge in [-0.15, -0.1) is 0 Å². The SMILES string of the molecule is COc1ccc([C@@H](C)NC(=O)CC(C)CN)cc1. The highest BCUT2D eigenvalue weighted by Crippen LogP contribution is 2.17. The fourth-order valence-electron chi connectivity index (χ4n) is 1.68. The first-order chi connectivity index (χ1) is 8.56. The Morgan fingerprint density at radius 2 is 1.94 bits per heavy atom. The Bertz CT molecular complexity index is 376. The van der Waals surface area contributed by atoms with E-state index in [0.29, 0.717) is 13.0 Å². The van der Waals surface area contributed by atoms with Crippen molar-refractivity contribution in [1.29, 1.82) is 0 Å². The smallest absolute Gasteiger partial charge is 0.220 e. The number of amides is 1. The molecule has 4 heteroatoms. The second-order valence-corrected chi connectivity index (χ2v) is 4.61. The van der Waals surface area contributed by atoms with E-state index in [2.05, 4.69) is 5.32 Å². The van der Waals surface area contributed by atoms with Crippen molar-refractivity contribution in [3.8, 4) is 5.75 Å². The molecule has 18 heavy (non-hydrogen) atoms. The topological polar surface area (TPSA) is 64.3 Å². The Hall–Kier alpha value is -1.55. The first-order valence-corrected chi connectivity index (χ1v) is 6.20. The Kier molecular flexibility index (Phi) is 5.65. The zero-order valence-corrected chi connectivity index (χ0v) is 11.3. The molecule has 4 nitrogen and oxygen atoms in total. The van der Waals surface area contributed by atoms with Crippen molar-refractivity contribution >= 4 is 5.91 Å². The molecule has 0 aromatic heterocycles. The minimum absolute atomic E-state index is 0.00613. The third kappa shape index (κ3) is 4.37. The lowest BCUT2D eigenvalue weighted by Gasteiger charge is -2.16. The third-order valence-corrected chi connectivity index (χ3v) is 2.93. The van der Waals surface area contributed by atoms with Crippen molar-refractivity contribution < 1.29 is 9.53 Å². The molecule has 0 saturated heterocycles. The zero-order chi connectivity index (χ0) is 13.5. The number of nitrogens with two attached hydrogens (primary N) is 1. The van der Waals surface area contributed by atoms with Crippen LogP contribution in [0.1, 0.15) is 31.9 Å². The quantitative estimate of drug-likeness (QED) is 0.810. The van der Waals surface area contributed by atoms with Gasteiger partial charge in [-0.05, 0) is 37.1 Å². The Labute approximate surface area is 109 Å². The van der Waals surface area contributed by atoms with Crippen molar-refractivity contribution in [3.05, 3.63) is 29.8 Å². The molecule has 0 saturated carbocycles. The van der Waals surface area contributed by atoms with Crippen LogP contribution in [0.5, 0.6) is 5.75 Å². The highest BCUT2D eigenvalue weighted by Gasteiger charge is 2.12. The molecule has 1 aromatic carbocycles. The summed E-state index contributed by atoms with van der Waals surface area (Å²) in [4.78, 5) is 11.7. The zero-order valence-electron chi connectivity index (χ0n) is 11.3. The van der Waals surface area contributed by atoms with Gasteiger partial charge in [-0.25, -0.2) is 0 Å². The van der Waals surface area contributed by atoms with Crippen LogP contribution in [-0.2, 0) is 4.79 Å². The van der Waals surface area contributed by atoms with Crippen LogP contribution in [0.2, 0.25) is 0 Å². The van der Waals surface area contributed by atoms with Crippen molar-refractivity contribution in [2.24, 2.45) is 11.7 Å². The number of methoxy groups -OCH3 is 1. The van der Waals surface area contributed by atoms with Gasteiger partial charge in [0.2, 0.25) is 5.91 Å². The summed E-state index contributed by atoms with van der Waals surface area (Å²) >= 11 is 0. The molecule has 100 valence electrons. The lowest BCUT2D eigenvalue weighted by Crippen LogP contribution is -2.29. The number of ether oxygens (including phenoxy) is 1. The van der Waals surface area contributed by atoms with Gasteiger partial charge in [0.25, 0.3) is 0 Å². The van der Waals surface area contributed by atoms with E-state index in [9.17, 15) is 4.79 Å². The largest absolute Gasteiger partial charge is 0.497 e. The summed E-state index contributed by atoms with van der Waals surface area (Å²) in [6.45, 7) is 4.47. The average molecular weight is 250 g/mol. The highest BCUT2D eigenvalue weighted by atomic mass is 16.5. The molecule has 0 aliphatic carbocycles. The van der Waals surface area contributed by atoms with E-state index < -0.39 is 0 Å². The summed E-state index contributed by atoms with van der Waals surface area (Å²) in [5.41, 5.74) is 6.56. The minimum atomic E-state index is -0.00613. The Morgan fingerprint density at radius 1 is 1.33 bits per heavy atom. The van der Waals surface area contributed by atoms with Crippen LogP contribution in [-0.4, -0.2) is 19.6 Å². The Morgan fingerprint density at radius 3 is 2.44 bits per heavy atom. The number of carbonyl (C=O) groups excluding carboxylic acids is 1. The molecule has 1 aromatic rings. The molecule has 1 unspecified atom stereocenters.